The van der Waals surface area contributed by atoms with Crippen LogP contribution >= 0.6 is 11.6 Å². The van der Waals surface area contributed by atoms with Gasteiger partial charge in [-0.3, -0.25) is 0 Å². The summed E-state index contributed by atoms with van der Waals surface area (Å²) in [7, 11) is -3.46. The lowest BCUT2D eigenvalue weighted by Gasteiger charge is -2.32. The molecule has 0 unspecified atom stereocenters. The summed E-state index contributed by atoms with van der Waals surface area (Å²) in [6.07, 6.45) is 2.87. The Morgan fingerprint density at radius 1 is 1.33 bits per heavy atom. The van der Waals surface area contributed by atoms with E-state index >= 15 is 0 Å². The monoisotopic (exact) mass is 330 g/mol. The molecule has 118 valence electrons. The van der Waals surface area contributed by atoms with Crippen LogP contribution in [0.2, 0.25) is 5.02 Å². The van der Waals surface area contributed by atoms with Gasteiger partial charge in [0.05, 0.1) is 4.90 Å². The molecular formula is C15H23ClN2O2S. The second-order valence-electron chi connectivity index (χ2n) is 5.82. The molecule has 21 heavy (non-hydrogen) atoms. The molecule has 1 aliphatic carbocycles. The minimum atomic E-state index is -3.46. The van der Waals surface area contributed by atoms with Crippen LogP contribution in [0.15, 0.2) is 23.1 Å². The number of benzene rings is 1. The summed E-state index contributed by atoms with van der Waals surface area (Å²) in [6, 6.07) is 5.01. The van der Waals surface area contributed by atoms with Crippen LogP contribution in [0.25, 0.3) is 0 Å². The Hall–Kier alpha value is -0.620. The zero-order chi connectivity index (χ0) is 15.5. The van der Waals surface area contributed by atoms with E-state index in [4.69, 9.17) is 11.6 Å². The molecular weight excluding hydrogens is 308 g/mol. The van der Waals surface area contributed by atoms with E-state index in [-0.39, 0.29) is 10.9 Å². The first kappa shape index (κ1) is 16.7. The normalized spacial score (nSPS) is 22.0. The third-order valence-electron chi connectivity index (χ3n) is 3.77. The second kappa shape index (κ2) is 7.09. The highest BCUT2D eigenvalue weighted by atomic mass is 35.5. The van der Waals surface area contributed by atoms with Gasteiger partial charge < -0.3 is 5.32 Å². The van der Waals surface area contributed by atoms with Gasteiger partial charge in [0.25, 0.3) is 0 Å². The zero-order valence-electron chi connectivity index (χ0n) is 12.5. The van der Waals surface area contributed by atoms with Crippen LogP contribution in [0.4, 0.5) is 0 Å². The van der Waals surface area contributed by atoms with Crippen molar-refractivity contribution in [2.75, 3.05) is 6.54 Å². The fourth-order valence-electron chi connectivity index (χ4n) is 2.52. The van der Waals surface area contributed by atoms with Gasteiger partial charge in [-0.15, -0.1) is 0 Å². The van der Waals surface area contributed by atoms with E-state index in [1.54, 1.807) is 12.1 Å². The molecule has 0 atom stereocenters. The van der Waals surface area contributed by atoms with Crippen molar-refractivity contribution >= 4 is 21.6 Å². The third-order valence-corrected chi connectivity index (χ3v) is 5.64. The van der Waals surface area contributed by atoms with Crippen LogP contribution in [0.3, 0.4) is 0 Å². The molecule has 0 heterocycles. The number of rotatable bonds is 7. The van der Waals surface area contributed by atoms with Gasteiger partial charge in [-0.1, -0.05) is 31.5 Å². The van der Waals surface area contributed by atoms with Crippen molar-refractivity contribution in [3.63, 3.8) is 0 Å². The Kier molecular flexibility index (Phi) is 5.66. The Labute approximate surface area is 132 Å². The molecule has 0 radical (unpaired) electrons. The molecule has 2 rings (SSSR count). The van der Waals surface area contributed by atoms with E-state index in [1.165, 1.54) is 6.07 Å². The van der Waals surface area contributed by atoms with Crippen LogP contribution in [-0.2, 0) is 16.6 Å². The average molecular weight is 331 g/mol. The van der Waals surface area contributed by atoms with E-state index in [0.717, 1.165) is 31.4 Å². The number of hydrogen-bond acceptors (Lipinski definition) is 3. The van der Waals surface area contributed by atoms with Gasteiger partial charge in [0.1, 0.15) is 0 Å². The minimum absolute atomic E-state index is 0.0645. The Bertz CT molecular complexity index is 583. The second-order valence-corrected chi connectivity index (χ2v) is 7.95. The molecule has 0 saturated heterocycles. The number of sulfonamides is 1. The molecule has 0 aliphatic heterocycles. The number of halogens is 1. The van der Waals surface area contributed by atoms with E-state index < -0.39 is 10.0 Å². The Morgan fingerprint density at radius 3 is 2.62 bits per heavy atom. The summed E-state index contributed by atoms with van der Waals surface area (Å²) in [4.78, 5) is 0.242. The van der Waals surface area contributed by atoms with E-state index in [0.29, 0.717) is 17.5 Å². The fourth-order valence-corrected chi connectivity index (χ4v) is 4.12. The topological polar surface area (TPSA) is 58.2 Å². The summed E-state index contributed by atoms with van der Waals surface area (Å²) < 4.78 is 27.3. The van der Waals surface area contributed by atoms with Crippen LogP contribution in [0.5, 0.6) is 0 Å². The first-order valence-corrected chi connectivity index (χ1v) is 9.30. The predicted molar refractivity (Wildman–Crippen MR) is 86.0 cm³/mol. The van der Waals surface area contributed by atoms with E-state index in [2.05, 4.69) is 23.9 Å². The molecule has 4 nitrogen and oxygen atoms in total. The van der Waals surface area contributed by atoms with E-state index in [1.807, 2.05) is 0 Å². The molecule has 0 aromatic heterocycles. The molecule has 0 amide bonds. The zero-order valence-corrected chi connectivity index (χ0v) is 14.1. The van der Waals surface area contributed by atoms with Crippen molar-refractivity contribution in [2.45, 2.75) is 50.6 Å². The maximum Gasteiger partial charge on any atom is 0.240 e. The first-order chi connectivity index (χ1) is 9.92. The van der Waals surface area contributed by atoms with Gasteiger partial charge in [0, 0.05) is 17.6 Å². The lowest BCUT2D eigenvalue weighted by molar-refractivity contribution is 0.270. The number of hydrogen-bond donors (Lipinski definition) is 2. The minimum Gasteiger partial charge on any atom is -0.313 e. The SMILES string of the molecule is CCCNCc1ccc(S(=O)(=O)NC2CC(C)C2)cc1Cl. The fraction of sp³-hybridized carbons (Fsp3) is 0.600. The maximum absolute atomic E-state index is 12.3. The van der Waals surface area contributed by atoms with Gasteiger partial charge in [-0.25, -0.2) is 13.1 Å². The molecule has 1 aromatic rings. The largest absolute Gasteiger partial charge is 0.313 e. The molecule has 2 N–H and O–H groups in total. The van der Waals surface area contributed by atoms with Gasteiger partial charge >= 0.3 is 0 Å². The van der Waals surface area contributed by atoms with Gasteiger partial charge in [0.15, 0.2) is 0 Å². The number of nitrogens with one attached hydrogen (secondary N) is 2. The summed E-state index contributed by atoms with van der Waals surface area (Å²) in [6.45, 7) is 5.79. The van der Waals surface area contributed by atoms with Crippen molar-refractivity contribution in [3.05, 3.63) is 28.8 Å². The van der Waals surface area contributed by atoms with E-state index in [9.17, 15) is 8.42 Å². The smallest absolute Gasteiger partial charge is 0.240 e. The van der Waals surface area contributed by atoms with Crippen molar-refractivity contribution in [1.82, 2.24) is 10.0 Å². The summed E-state index contributed by atoms with van der Waals surface area (Å²) >= 11 is 6.19. The third kappa shape index (κ3) is 4.42. The highest BCUT2D eigenvalue weighted by molar-refractivity contribution is 7.89. The molecule has 1 aliphatic rings. The van der Waals surface area contributed by atoms with Crippen LogP contribution in [0, 0.1) is 5.92 Å². The lowest BCUT2D eigenvalue weighted by Crippen LogP contribution is -2.43. The molecule has 1 fully saturated rings. The lowest BCUT2D eigenvalue weighted by atomic mass is 9.83. The Morgan fingerprint density at radius 2 is 2.05 bits per heavy atom. The summed E-state index contributed by atoms with van der Waals surface area (Å²) in [5.74, 6) is 0.605. The first-order valence-electron chi connectivity index (χ1n) is 7.44. The highest BCUT2D eigenvalue weighted by Gasteiger charge is 2.29. The predicted octanol–water partition coefficient (Wildman–Crippen LogP) is 2.92. The van der Waals surface area contributed by atoms with Gasteiger partial charge in [0.2, 0.25) is 10.0 Å². The Balaban J connectivity index is 2.04. The standard InChI is InChI=1S/C15H23ClN2O2S/c1-3-6-17-10-12-4-5-14(9-15(12)16)21(19,20)18-13-7-11(2)8-13/h4-5,9,11,13,17-18H,3,6-8,10H2,1-2H3. The molecule has 0 spiro atoms. The molecule has 1 saturated carbocycles. The van der Waals surface area contributed by atoms with Gasteiger partial charge in [-0.05, 0) is 49.4 Å². The van der Waals surface area contributed by atoms with Crippen molar-refractivity contribution in [2.24, 2.45) is 5.92 Å². The maximum atomic E-state index is 12.3. The molecule has 1 aromatic carbocycles. The van der Waals surface area contributed by atoms with Crippen LogP contribution in [0.1, 0.15) is 38.7 Å². The van der Waals surface area contributed by atoms with Crippen molar-refractivity contribution < 1.29 is 8.42 Å². The van der Waals surface area contributed by atoms with Crippen molar-refractivity contribution in [1.29, 1.82) is 0 Å². The average Bonchev–Trinajstić information content (AvgIpc) is 2.38. The van der Waals surface area contributed by atoms with Gasteiger partial charge in [-0.2, -0.15) is 0 Å². The quantitative estimate of drug-likeness (QED) is 0.756. The summed E-state index contributed by atoms with van der Waals surface area (Å²) in [5, 5.41) is 3.75. The highest BCUT2D eigenvalue weighted by Crippen LogP contribution is 2.28. The molecule has 6 heteroatoms. The van der Waals surface area contributed by atoms with Crippen LogP contribution in [-0.4, -0.2) is 21.0 Å². The van der Waals surface area contributed by atoms with Crippen molar-refractivity contribution in [3.8, 4) is 0 Å². The molecule has 0 bridgehead atoms. The summed E-state index contributed by atoms with van der Waals surface area (Å²) in [5.41, 5.74) is 0.918. The van der Waals surface area contributed by atoms with Crippen LogP contribution < -0.4 is 10.0 Å².